The minimum Gasteiger partial charge on any atom is -0.378 e. The molecule has 5 nitrogen and oxygen atoms in total. The van der Waals surface area contributed by atoms with Gasteiger partial charge in [-0.25, -0.2) is 0 Å². The second-order valence-electron chi connectivity index (χ2n) is 6.67. The Morgan fingerprint density at radius 3 is 2.75 bits per heavy atom. The average molecular weight is 394 g/mol. The third kappa shape index (κ3) is 3.59. The molecule has 0 radical (unpaired) electrons. The van der Waals surface area contributed by atoms with E-state index in [0.717, 1.165) is 32.2 Å². The third-order valence-corrected chi connectivity index (χ3v) is 6.43. The zero-order chi connectivity index (χ0) is 17.4. The summed E-state index contributed by atoms with van der Waals surface area (Å²) in [7, 11) is -3.42. The van der Waals surface area contributed by atoms with Gasteiger partial charge in [0.25, 0.3) is 10.1 Å². The van der Waals surface area contributed by atoms with Crippen LogP contribution in [0.3, 0.4) is 0 Å². The van der Waals surface area contributed by atoms with Gasteiger partial charge in [0, 0.05) is 17.4 Å². The number of hydrogen-bond acceptors (Lipinski definition) is 5. The number of ether oxygens (including phenoxy) is 1. The zero-order valence-electron chi connectivity index (χ0n) is 13.5. The Hall–Kier alpha value is -0.370. The molecule has 1 saturated heterocycles. The second kappa shape index (κ2) is 6.74. The number of hydrogen-bond donors (Lipinski definition) is 1. The fraction of sp³-hybridized carbons (Fsp3) is 0.625. The Morgan fingerprint density at radius 2 is 2.04 bits per heavy atom. The predicted octanol–water partition coefficient (Wildman–Crippen LogP) is 2.61. The summed E-state index contributed by atoms with van der Waals surface area (Å²) in [6.07, 6.45) is 3.08. The predicted molar refractivity (Wildman–Crippen MR) is 94.3 cm³/mol. The van der Waals surface area contributed by atoms with Gasteiger partial charge in [0.05, 0.1) is 36.1 Å². The quantitative estimate of drug-likeness (QED) is 0.569. The average Bonchev–Trinajstić information content (AvgIpc) is 3.19. The zero-order valence-corrected chi connectivity index (χ0v) is 15.8. The third-order valence-electron chi connectivity index (χ3n) is 5.10. The van der Waals surface area contributed by atoms with E-state index < -0.39 is 10.1 Å². The topological polar surface area (TPSA) is 64.6 Å². The van der Waals surface area contributed by atoms with E-state index >= 15 is 0 Å². The van der Waals surface area contributed by atoms with Gasteiger partial charge in [0.2, 0.25) is 0 Å². The summed E-state index contributed by atoms with van der Waals surface area (Å²) in [5.74, 6) is 0. The highest BCUT2D eigenvalue weighted by Gasteiger charge is 2.68. The van der Waals surface area contributed by atoms with Gasteiger partial charge in [0.1, 0.15) is 0 Å². The Bertz CT molecular complexity index is 727. The van der Waals surface area contributed by atoms with Crippen LogP contribution in [-0.2, 0) is 24.5 Å². The molecule has 2 fully saturated rings. The van der Waals surface area contributed by atoms with Crippen molar-refractivity contribution in [2.45, 2.75) is 18.3 Å². The standard InChI is InChI=1S/C16H21Cl2NO4S/c1-24(20,21)23-7-6-22-11-15-9-16(15,4-5-19-10-15)12-2-3-13(17)14(18)8-12/h2-3,8,19H,4-7,9-11H2,1H3/t15-,16+/m1/s1. The molecule has 1 heterocycles. The first-order valence-electron chi connectivity index (χ1n) is 7.87. The summed E-state index contributed by atoms with van der Waals surface area (Å²) in [4.78, 5) is 0. The highest BCUT2D eigenvalue weighted by molar-refractivity contribution is 7.85. The first-order chi connectivity index (χ1) is 11.3. The van der Waals surface area contributed by atoms with Gasteiger partial charge in [-0.3, -0.25) is 4.18 Å². The molecule has 134 valence electrons. The molecule has 24 heavy (non-hydrogen) atoms. The van der Waals surface area contributed by atoms with Crippen molar-refractivity contribution >= 4 is 33.3 Å². The first-order valence-corrected chi connectivity index (χ1v) is 10.4. The van der Waals surface area contributed by atoms with Gasteiger partial charge in [0.15, 0.2) is 0 Å². The molecule has 1 aromatic carbocycles. The monoisotopic (exact) mass is 393 g/mol. The molecule has 0 amide bonds. The Kier molecular flexibility index (Phi) is 5.17. The lowest BCUT2D eigenvalue weighted by molar-refractivity contribution is 0.0547. The van der Waals surface area contributed by atoms with Crippen molar-refractivity contribution in [1.29, 1.82) is 0 Å². The van der Waals surface area contributed by atoms with Crippen molar-refractivity contribution in [2.75, 3.05) is 39.2 Å². The molecule has 0 unspecified atom stereocenters. The van der Waals surface area contributed by atoms with Crippen molar-refractivity contribution in [2.24, 2.45) is 5.41 Å². The van der Waals surface area contributed by atoms with Crippen LogP contribution in [0.25, 0.3) is 0 Å². The van der Waals surface area contributed by atoms with Crippen LogP contribution in [0.1, 0.15) is 18.4 Å². The highest BCUT2D eigenvalue weighted by Crippen LogP contribution is 2.67. The summed E-state index contributed by atoms with van der Waals surface area (Å²) in [5, 5.41) is 4.57. The summed E-state index contributed by atoms with van der Waals surface area (Å²) < 4.78 is 32.3. The number of benzene rings is 1. The van der Waals surface area contributed by atoms with Gasteiger partial charge in [-0.1, -0.05) is 29.3 Å². The van der Waals surface area contributed by atoms with Gasteiger partial charge >= 0.3 is 0 Å². The van der Waals surface area contributed by atoms with Crippen LogP contribution < -0.4 is 5.32 Å². The van der Waals surface area contributed by atoms with Crippen LogP contribution in [0.5, 0.6) is 0 Å². The van der Waals surface area contributed by atoms with E-state index in [0.29, 0.717) is 16.7 Å². The lowest BCUT2D eigenvalue weighted by Gasteiger charge is -2.32. The number of piperidine rings is 1. The van der Waals surface area contributed by atoms with E-state index in [-0.39, 0.29) is 24.0 Å². The molecular formula is C16H21Cl2NO4S. The molecule has 1 aliphatic heterocycles. The van der Waals surface area contributed by atoms with Crippen molar-refractivity contribution in [3.63, 3.8) is 0 Å². The molecule has 1 aromatic rings. The maximum absolute atomic E-state index is 11.0. The number of fused-ring (bicyclic) bond motifs is 1. The fourth-order valence-corrected chi connectivity index (χ4v) is 4.52. The molecule has 1 saturated carbocycles. The molecular weight excluding hydrogens is 373 g/mol. The Morgan fingerprint density at radius 1 is 1.25 bits per heavy atom. The summed E-state index contributed by atoms with van der Waals surface area (Å²) in [6.45, 7) is 2.70. The summed E-state index contributed by atoms with van der Waals surface area (Å²) >= 11 is 12.2. The van der Waals surface area contributed by atoms with Gasteiger partial charge in [-0.05, 0) is 37.1 Å². The van der Waals surface area contributed by atoms with Crippen molar-refractivity contribution in [1.82, 2.24) is 5.32 Å². The first kappa shape index (κ1) is 18.4. The SMILES string of the molecule is CS(=O)(=O)OCCOC[C@@]12CNCC[C@@]1(c1ccc(Cl)c(Cl)c1)C2. The van der Waals surface area contributed by atoms with Crippen LogP contribution in [-0.4, -0.2) is 47.6 Å². The van der Waals surface area contributed by atoms with E-state index in [2.05, 4.69) is 5.32 Å². The maximum Gasteiger partial charge on any atom is 0.264 e. The molecule has 1 aliphatic carbocycles. The van der Waals surface area contributed by atoms with Crippen LogP contribution >= 0.6 is 23.2 Å². The molecule has 0 aromatic heterocycles. The van der Waals surface area contributed by atoms with E-state index in [4.69, 9.17) is 32.1 Å². The van der Waals surface area contributed by atoms with Crippen LogP contribution in [0, 0.1) is 5.41 Å². The molecule has 0 bridgehead atoms. The number of halogens is 2. The molecule has 2 aliphatic rings. The van der Waals surface area contributed by atoms with Crippen LogP contribution in [0.2, 0.25) is 10.0 Å². The Balaban J connectivity index is 1.65. The molecule has 8 heteroatoms. The van der Waals surface area contributed by atoms with E-state index in [9.17, 15) is 8.42 Å². The number of rotatable bonds is 7. The second-order valence-corrected chi connectivity index (χ2v) is 9.13. The molecule has 3 rings (SSSR count). The van der Waals surface area contributed by atoms with Crippen molar-refractivity contribution < 1.29 is 17.3 Å². The lowest BCUT2D eigenvalue weighted by atomic mass is 9.81. The molecule has 0 spiro atoms. The summed E-state index contributed by atoms with van der Waals surface area (Å²) in [6, 6.07) is 5.86. The van der Waals surface area contributed by atoms with E-state index in [1.165, 1.54) is 5.56 Å². The normalized spacial score (nSPS) is 29.3. The van der Waals surface area contributed by atoms with Gasteiger partial charge in [-0.15, -0.1) is 0 Å². The van der Waals surface area contributed by atoms with Crippen LogP contribution in [0.4, 0.5) is 0 Å². The Labute approximate surface area is 152 Å². The smallest absolute Gasteiger partial charge is 0.264 e. The minimum absolute atomic E-state index is 0.0213. The van der Waals surface area contributed by atoms with Crippen LogP contribution in [0.15, 0.2) is 18.2 Å². The molecule has 1 N–H and O–H groups in total. The largest absolute Gasteiger partial charge is 0.378 e. The lowest BCUT2D eigenvalue weighted by Crippen LogP contribution is -2.41. The summed E-state index contributed by atoms with van der Waals surface area (Å²) in [5.41, 5.74) is 1.28. The molecule has 2 atom stereocenters. The minimum atomic E-state index is -3.42. The van der Waals surface area contributed by atoms with Gasteiger partial charge in [-0.2, -0.15) is 8.42 Å². The van der Waals surface area contributed by atoms with E-state index in [1.54, 1.807) is 0 Å². The fourth-order valence-electron chi connectivity index (χ4n) is 3.85. The number of nitrogens with one attached hydrogen (secondary N) is 1. The van der Waals surface area contributed by atoms with Crippen molar-refractivity contribution in [3.8, 4) is 0 Å². The van der Waals surface area contributed by atoms with Gasteiger partial charge < -0.3 is 10.1 Å². The van der Waals surface area contributed by atoms with E-state index in [1.807, 2.05) is 18.2 Å². The van der Waals surface area contributed by atoms with Crippen molar-refractivity contribution in [3.05, 3.63) is 33.8 Å². The highest BCUT2D eigenvalue weighted by atomic mass is 35.5. The maximum atomic E-state index is 11.0.